The Balaban J connectivity index is 2.47. The van der Waals surface area contributed by atoms with E-state index in [1.165, 1.54) is 11.5 Å². The standard InChI is InChI=1S/C11H8ClNOS/c1-7-3-2-4-8(10(7)12)11(14)9-5-6-15-13-9/h2-6H,1H3. The molecule has 2 aromatic rings. The minimum Gasteiger partial charge on any atom is -0.287 e. The molecule has 0 fully saturated rings. The molecule has 0 saturated carbocycles. The summed E-state index contributed by atoms with van der Waals surface area (Å²) in [5.74, 6) is -0.120. The average Bonchev–Trinajstić information content (AvgIpc) is 2.74. The number of ketones is 1. The number of aryl methyl sites for hydroxylation is 1. The molecule has 0 amide bonds. The van der Waals surface area contributed by atoms with Gasteiger partial charge in [-0.15, -0.1) is 0 Å². The maximum absolute atomic E-state index is 11.9. The lowest BCUT2D eigenvalue weighted by Crippen LogP contribution is -2.02. The third-order valence-corrected chi connectivity index (χ3v) is 3.17. The number of nitrogens with zero attached hydrogens (tertiary/aromatic N) is 1. The molecule has 15 heavy (non-hydrogen) atoms. The van der Waals surface area contributed by atoms with Crippen molar-refractivity contribution in [2.75, 3.05) is 0 Å². The number of hydrogen-bond acceptors (Lipinski definition) is 3. The third kappa shape index (κ3) is 1.94. The fraction of sp³-hybridized carbons (Fsp3) is 0.0909. The zero-order valence-electron chi connectivity index (χ0n) is 8.03. The van der Waals surface area contributed by atoms with Gasteiger partial charge in [-0.1, -0.05) is 23.7 Å². The maximum Gasteiger partial charge on any atom is 0.213 e. The van der Waals surface area contributed by atoms with Crippen molar-refractivity contribution in [2.24, 2.45) is 0 Å². The van der Waals surface area contributed by atoms with E-state index in [-0.39, 0.29) is 5.78 Å². The molecule has 1 heterocycles. The van der Waals surface area contributed by atoms with Crippen molar-refractivity contribution in [2.45, 2.75) is 6.92 Å². The van der Waals surface area contributed by atoms with Crippen LogP contribution < -0.4 is 0 Å². The lowest BCUT2D eigenvalue weighted by Gasteiger charge is -2.03. The SMILES string of the molecule is Cc1cccc(C(=O)c2ccsn2)c1Cl. The van der Waals surface area contributed by atoms with Crippen LogP contribution in [0.4, 0.5) is 0 Å². The molecular weight excluding hydrogens is 230 g/mol. The van der Waals surface area contributed by atoms with Gasteiger partial charge in [-0.2, -0.15) is 4.37 Å². The number of rotatable bonds is 2. The number of halogens is 1. The first-order chi connectivity index (χ1) is 7.20. The molecule has 0 saturated heterocycles. The fourth-order valence-electron chi connectivity index (χ4n) is 1.29. The van der Waals surface area contributed by atoms with E-state index in [1.807, 2.05) is 19.1 Å². The van der Waals surface area contributed by atoms with Crippen molar-refractivity contribution >= 4 is 28.9 Å². The van der Waals surface area contributed by atoms with Crippen LogP contribution in [0.25, 0.3) is 0 Å². The van der Waals surface area contributed by atoms with Crippen molar-refractivity contribution in [1.29, 1.82) is 0 Å². The van der Waals surface area contributed by atoms with Gasteiger partial charge in [0.2, 0.25) is 5.78 Å². The van der Waals surface area contributed by atoms with Gasteiger partial charge < -0.3 is 0 Å². The minimum absolute atomic E-state index is 0.120. The molecule has 0 spiro atoms. The van der Waals surface area contributed by atoms with Gasteiger partial charge in [0.05, 0.1) is 5.02 Å². The number of carbonyl (C=O) groups is 1. The Bertz CT molecular complexity index is 493. The van der Waals surface area contributed by atoms with Gasteiger partial charge in [0, 0.05) is 10.9 Å². The Labute approximate surface area is 96.7 Å². The van der Waals surface area contributed by atoms with Gasteiger partial charge in [-0.05, 0) is 36.2 Å². The molecule has 2 rings (SSSR count). The van der Waals surface area contributed by atoms with Gasteiger partial charge >= 0.3 is 0 Å². The van der Waals surface area contributed by atoms with Crippen LogP contribution in [0, 0.1) is 6.92 Å². The summed E-state index contributed by atoms with van der Waals surface area (Å²) in [6.45, 7) is 1.88. The largest absolute Gasteiger partial charge is 0.287 e. The van der Waals surface area contributed by atoms with Crippen molar-refractivity contribution in [3.63, 3.8) is 0 Å². The van der Waals surface area contributed by atoms with Crippen molar-refractivity contribution in [3.05, 3.63) is 51.5 Å². The zero-order chi connectivity index (χ0) is 10.8. The Morgan fingerprint density at radius 2 is 2.20 bits per heavy atom. The summed E-state index contributed by atoms with van der Waals surface area (Å²) < 4.78 is 4.00. The molecule has 4 heteroatoms. The number of hydrogen-bond donors (Lipinski definition) is 0. The second-order valence-electron chi connectivity index (χ2n) is 3.15. The van der Waals surface area contributed by atoms with Crippen LogP contribution >= 0.6 is 23.1 Å². The highest BCUT2D eigenvalue weighted by Crippen LogP contribution is 2.22. The quantitative estimate of drug-likeness (QED) is 0.750. The van der Waals surface area contributed by atoms with Crippen LogP contribution in [0.3, 0.4) is 0 Å². The summed E-state index contributed by atoms with van der Waals surface area (Å²) in [6, 6.07) is 7.11. The summed E-state index contributed by atoms with van der Waals surface area (Å²) in [6.07, 6.45) is 0. The molecule has 0 bridgehead atoms. The van der Waals surface area contributed by atoms with E-state index in [0.29, 0.717) is 16.3 Å². The summed E-state index contributed by atoms with van der Waals surface area (Å²) in [5.41, 5.74) is 1.87. The predicted molar refractivity (Wildman–Crippen MR) is 61.7 cm³/mol. The normalized spacial score (nSPS) is 10.3. The Morgan fingerprint density at radius 3 is 2.87 bits per heavy atom. The molecule has 0 aliphatic heterocycles. The maximum atomic E-state index is 11.9. The first-order valence-electron chi connectivity index (χ1n) is 4.40. The van der Waals surface area contributed by atoms with Crippen LogP contribution in [-0.2, 0) is 0 Å². The van der Waals surface area contributed by atoms with E-state index in [4.69, 9.17) is 11.6 Å². The van der Waals surface area contributed by atoms with E-state index in [2.05, 4.69) is 4.37 Å². The number of benzene rings is 1. The van der Waals surface area contributed by atoms with Gasteiger partial charge in [-0.25, -0.2) is 0 Å². The Hall–Kier alpha value is -1.19. The molecule has 0 unspecified atom stereocenters. The van der Waals surface area contributed by atoms with Gasteiger partial charge in [0.25, 0.3) is 0 Å². The first kappa shape index (κ1) is 10.3. The van der Waals surface area contributed by atoms with Gasteiger partial charge in [0.1, 0.15) is 5.69 Å². The van der Waals surface area contributed by atoms with E-state index in [9.17, 15) is 4.79 Å². The molecule has 0 aliphatic carbocycles. The molecule has 0 atom stereocenters. The van der Waals surface area contributed by atoms with Crippen LogP contribution in [-0.4, -0.2) is 10.2 Å². The highest BCUT2D eigenvalue weighted by atomic mass is 35.5. The second kappa shape index (κ2) is 4.13. The van der Waals surface area contributed by atoms with E-state index < -0.39 is 0 Å². The van der Waals surface area contributed by atoms with E-state index >= 15 is 0 Å². The van der Waals surface area contributed by atoms with Crippen LogP contribution in [0.1, 0.15) is 21.6 Å². The minimum atomic E-state index is -0.120. The predicted octanol–water partition coefficient (Wildman–Crippen LogP) is 3.34. The number of aromatic nitrogens is 1. The molecular formula is C11H8ClNOS. The van der Waals surface area contributed by atoms with Crippen molar-refractivity contribution in [3.8, 4) is 0 Å². The lowest BCUT2D eigenvalue weighted by molar-refractivity contribution is 0.103. The molecule has 1 aromatic heterocycles. The molecule has 2 nitrogen and oxygen atoms in total. The van der Waals surface area contributed by atoms with Crippen LogP contribution in [0.5, 0.6) is 0 Å². The smallest absolute Gasteiger partial charge is 0.213 e. The Kier molecular flexibility index (Phi) is 2.84. The summed E-state index contributed by atoms with van der Waals surface area (Å²) >= 11 is 7.32. The summed E-state index contributed by atoms with van der Waals surface area (Å²) in [4.78, 5) is 11.9. The molecule has 76 valence electrons. The van der Waals surface area contributed by atoms with E-state index in [0.717, 1.165) is 5.56 Å². The topological polar surface area (TPSA) is 30.0 Å². The van der Waals surface area contributed by atoms with Gasteiger partial charge in [0.15, 0.2) is 0 Å². The monoisotopic (exact) mass is 237 g/mol. The molecule has 0 aliphatic rings. The average molecular weight is 238 g/mol. The zero-order valence-corrected chi connectivity index (χ0v) is 9.60. The molecule has 0 radical (unpaired) electrons. The highest BCUT2D eigenvalue weighted by molar-refractivity contribution is 7.03. The van der Waals surface area contributed by atoms with E-state index in [1.54, 1.807) is 17.5 Å². The van der Waals surface area contributed by atoms with Gasteiger partial charge in [-0.3, -0.25) is 4.79 Å². The van der Waals surface area contributed by atoms with Crippen LogP contribution in [0.2, 0.25) is 5.02 Å². The summed E-state index contributed by atoms with van der Waals surface area (Å²) in [5, 5.41) is 2.28. The second-order valence-corrected chi connectivity index (χ2v) is 4.19. The van der Waals surface area contributed by atoms with Crippen molar-refractivity contribution < 1.29 is 4.79 Å². The summed E-state index contributed by atoms with van der Waals surface area (Å²) in [7, 11) is 0. The Morgan fingerprint density at radius 1 is 1.40 bits per heavy atom. The third-order valence-electron chi connectivity index (χ3n) is 2.11. The van der Waals surface area contributed by atoms with Crippen LogP contribution in [0.15, 0.2) is 29.6 Å². The fourth-order valence-corrected chi connectivity index (χ4v) is 2.01. The number of carbonyl (C=O) groups excluding carboxylic acids is 1. The highest BCUT2D eigenvalue weighted by Gasteiger charge is 2.15. The molecule has 0 N–H and O–H groups in total. The lowest BCUT2D eigenvalue weighted by atomic mass is 10.1. The molecule has 1 aromatic carbocycles. The van der Waals surface area contributed by atoms with Crippen molar-refractivity contribution in [1.82, 2.24) is 4.37 Å². The first-order valence-corrected chi connectivity index (χ1v) is 5.62.